The predicted octanol–water partition coefficient (Wildman–Crippen LogP) is 0.284. The van der Waals surface area contributed by atoms with Crippen LogP contribution in [-0.2, 0) is 22.0 Å². The molecule has 0 saturated heterocycles. The number of thiol groups is 1. The summed E-state index contributed by atoms with van der Waals surface area (Å²) >= 11 is 0. The minimum absolute atomic E-state index is 0.161. The number of hydrogen-bond donors (Lipinski definition) is 3. The first-order valence-corrected chi connectivity index (χ1v) is 6.99. The molecule has 1 aromatic rings. The highest BCUT2D eigenvalue weighted by atomic mass is 32.2. The van der Waals surface area contributed by atoms with Crippen LogP contribution in [0.1, 0.15) is 28.8 Å². The topological polar surface area (TPSA) is 101 Å². The van der Waals surface area contributed by atoms with Crippen LogP contribution in [-0.4, -0.2) is 30.1 Å². The normalized spacial score (nSPS) is 15.9. The van der Waals surface area contributed by atoms with E-state index in [-0.39, 0.29) is 30.5 Å². The molecule has 1 aliphatic rings. The summed E-state index contributed by atoms with van der Waals surface area (Å²) in [6.07, 6.45) is 0.541. The zero-order chi connectivity index (χ0) is 14.9. The van der Waals surface area contributed by atoms with Crippen LogP contribution in [0, 0.1) is 5.82 Å². The van der Waals surface area contributed by atoms with Gasteiger partial charge in [-0.25, -0.2) is 17.6 Å². The number of carbonyl (C=O) groups excluding carboxylic acids is 1. The van der Waals surface area contributed by atoms with Gasteiger partial charge in [-0.1, -0.05) is 6.07 Å². The minimum atomic E-state index is -2.87. The molecule has 0 unspecified atom stereocenters. The molecule has 1 saturated carbocycles. The fourth-order valence-corrected chi connectivity index (χ4v) is 2.57. The lowest BCUT2D eigenvalue weighted by Gasteiger charge is -2.11. The van der Waals surface area contributed by atoms with Gasteiger partial charge >= 0.3 is 5.97 Å². The lowest BCUT2D eigenvalue weighted by Crippen LogP contribution is -2.37. The van der Waals surface area contributed by atoms with Crippen molar-refractivity contribution in [3.05, 3.63) is 35.1 Å². The van der Waals surface area contributed by atoms with Gasteiger partial charge in [0.2, 0.25) is 5.91 Å². The molecule has 1 aromatic carbocycles. The van der Waals surface area contributed by atoms with Crippen LogP contribution < -0.4 is 5.32 Å². The lowest BCUT2D eigenvalue weighted by molar-refractivity contribution is -0.121. The van der Waals surface area contributed by atoms with Gasteiger partial charge in [0.05, 0.1) is 5.56 Å². The molecule has 1 amide bonds. The molecular formula is C12H12FNO5S. The van der Waals surface area contributed by atoms with Gasteiger partial charge in [-0.3, -0.25) is 4.79 Å². The molecule has 0 aliphatic heterocycles. The zero-order valence-corrected chi connectivity index (χ0v) is 11.2. The Kier molecular flexibility index (Phi) is 3.76. The largest absolute Gasteiger partial charge is 0.478 e. The van der Waals surface area contributed by atoms with Crippen LogP contribution in [0.2, 0.25) is 0 Å². The van der Waals surface area contributed by atoms with Gasteiger partial charge in [0.25, 0.3) is 0 Å². The lowest BCUT2D eigenvalue weighted by atomic mass is 10.1. The van der Waals surface area contributed by atoms with E-state index in [4.69, 9.17) is 5.11 Å². The van der Waals surface area contributed by atoms with Crippen LogP contribution >= 0.6 is 0 Å². The molecular weight excluding hydrogens is 289 g/mol. The smallest absolute Gasteiger partial charge is 0.336 e. The van der Waals surface area contributed by atoms with E-state index < -0.39 is 33.1 Å². The Hall–Kier alpha value is -1.96. The summed E-state index contributed by atoms with van der Waals surface area (Å²) in [5, 5.41) is 11.3. The second-order valence-corrected chi connectivity index (χ2v) is 5.95. The Morgan fingerprint density at radius 2 is 2.00 bits per heavy atom. The fraction of sp³-hybridized carbons (Fsp3) is 0.333. The standard InChI is InChI=1S/C12H12FNO5S/c13-8-2-1-7(9(5-8)10(15)16)6-14-11(17)12(3-4-12)20(18)19/h1-2,5,20H,3-4,6H2,(H,14,17)(H,15,16). The van der Waals surface area contributed by atoms with Crippen LogP contribution in [0.5, 0.6) is 0 Å². The molecule has 0 radical (unpaired) electrons. The quantitative estimate of drug-likeness (QED) is 0.678. The number of halogens is 1. The Labute approximate surface area is 115 Å². The highest BCUT2D eigenvalue weighted by Gasteiger charge is 2.53. The van der Waals surface area contributed by atoms with Crippen LogP contribution in [0.25, 0.3) is 0 Å². The predicted molar refractivity (Wildman–Crippen MR) is 67.5 cm³/mol. The Morgan fingerprint density at radius 1 is 1.35 bits per heavy atom. The zero-order valence-electron chi connectivity index (χ0n) is 10.3. The van der Waals surface area contributed by atoms with Gasteiger partial charge in [0.15, 0.2) is 10.7 Å². The molecule has 0 heterocycles. The van der Waals surface area contributed by atoms with Crippen molar-refractivity contribution in [3.8, 4) is 0 Å². The average molecular weight is 301 g/mol. The van der Waals surface area contributed by atoms with E-state index in [1.54, 1.807) is 0 Å². The van der Waals surface area contributed by atoms with Crippen LogP contribution in [0.4, 0.5) is 4.39 Å². The summed E-state index contributed by atoms with van der Waals surface area (Å²) < 4.78 is 33.6. The third-order valence-corrected chi connectivity index (χ3v) is 4.59. The second kappa shape index (κ2) is 5.20. The van der Waals surface area contributed by atoms with Crippen molar-refractivity contribution in [2.24, 2.45) is 0 Å². The third-order valence-electron chi connectivity index (χ3n) is 3.24. The van der Waals surface area contributed by atoms with E-state index in [1.165, 1.54) is 6.07 Å². The maximum absolute atomic E-state index is 13.0. The number of nitrogens with one attached hydrogen (secondary N) is 1. The summed E-state index contributed by atoms with van der Waals surface area (Å²) in [5.41, 5.74) is -0.0502. The van der Waals surface area contributed by atoms with Gasteiger partial charge in [0, 0.05) is 6.54 Å². The molecule has 1 fully saturated rings. The van der Waals surface area contributed by atoms with E-state index >= 15 is 0 Å². The van der Waals surface area contributed by atoms with Gasteiger partial charge in [-0.05, 0) is 30.5 Å². The molecule has 0 aromatic heterocycles. The Morgan fingerprint density at radius 3 is 2.50 bits per heavy atom. The van der Waals surface area contributed by atoms with E-state index in [1.807, 2.05) is 0 Å². The van der Waals surface area contributed by atoms with Crippen molar-refractivity contribution in [3.63, 3.8) is 0 Å². The van der Waals surface area contributed by atoms with E-state index in [0.717, 1.165) is 12.1 Å². The molecule has 0 bridgehead atoms. The fourth-order valence-electron chi connectivity index (χ4n) is 1.85. The van der Waals surface area contributed by atoms with E-state index in [0.29, 0.717) is 0 Å². The Bertz CT molecular complexity index is 643. The maximum atomic E-state index is 13.0. The molecule has 8 heteroatoms. The molecule has 1 aliphatic carbocycles. The van der Waals surface area contributed by atoms with Crippen molar-refractivity contribution < 1.29 is 27.5 Å². The summed E-state index contributed by atoms with van der Waals surface area (Å²) in [6.45, 7) is -0.161. The van der Waals surface area contributed by atoms with Crippen LogP contribution in [0.15, 0.2) is 18.2 Å². The van der Waals surface area contributed by atoms with Gasteiger partial charge in [-0.15, -0.1) is 0 Å². The second-order valence-electron chi connectivity index (χ2n) is 4.58. The highest BCUT2D eigenvalue weighted by Crippen LogP contribution is 2.39. The van der Waals surface area contributed by atoms with Crippen LogP contribution in [0.3, 0.4) is 0 Å². The number of hydrogen-bond acceptors (Lipinski definition) is 4. The summed E-state index contributed by atoms with van der Waals surface area (Å²) in [4.78, 5) is 22.7. The summed E-state index contributed by atoms with van der Waals surface area (Å²) in [5.74, 6) is -2.65. The Balaban J connectivity index is 2.12. The van der Waals surface area contributed by atoms with Crippen molar-refractivity contribution in [2.45, 2.75) is 24.1 Å². The average Bonchev–Trinajstić information content (AvgIpc) is 3.18. The van der Waals surface area contributed by atoms with Crippen molar-refractivity contribution in [1.82, 2.24) is 5.32 Å². The first kappa shape index (κ1) is 14.4. The molecule has 108 valence electrons. The molecule has 20 heavy (non-hydrogen) atoms. The monoisotopic (exact) mass is 301 g/mol. The van der Waals surface area contributed by atoms with Gasteiger partial charge in [0.1, 0.15) is 10.6 Å². The van der Waals surface area contributed by atoms with E-state index in [9.17, 15) is 22.4 Å². The van der Waals surface area contributed by atoms with Crippen molar-refractivity contribution >= 4 is 22.6 Å². The molecule has 2 rings (SSSR count). The van der Waals surface area contributed by atoms with Crippen molar-refractivity contribution in [2.75, 3.05) is 0 Å². The van der Waals surface area contributed by atoms with Crippen molar-refractivity contribution in [1.29, 1.82) is 0 Å². The highest BCUT2D eigenvalue weighted by molar-refractivity contribution is 7.75. The first-order chi connectivity index (χ1) is 9.36. The molecule has 0 spiro atoms. The minimum Gasteiger partial charge on any atom is -0.478 e. The number of benzene rings is 1. The third kappa shape index (κ3) is 2.64. The summed E-state index contributed by atoms with van der Waals surface area (Å²) in [6, 6.07) is 3.18. The number of aromatic carboxylic acids is 1. The number of rotatable bonds is 5. The SMILES string of the molecule is O=C(O)c1cc(F)ccc1CNC(=O)C1([SH](=O)=O)CC1. The number of carboxylic acids is 1. The van der Waals surface area contributed by atoms with E-state index in [2.05, 4.69) is 5.32 Å². The molecule has 6 nitrogen and oxygen atoms in total. The van der Waals surface area contributed by atoms with Gasteiger partial charge in [-0.2, -0.15) is 0 Å². The first-order valence-electron chi connectivity index (χ1n) is 5.81. The molecule has 2 N–H and O–H groups in total. The summed E-state index contributed by atoms with van der Waals surface area (Å²) in [7, 11) is -2.87. The maximum Gasteiger partial charge on any atom is 0.336 e. The van der Waals surface area contributed by atoms with Gasteiger partial charge < -0.3 is 10.4 Å². The number of carbonyl (C=O) groups is 2. The number of carboxylic acid groups (broad SMARTS) is 1. The number of amides is 1. The molecule has 0 atom stereocenters.